The Bertz CT molecular complexity index is 423. The zero-order valence-corrected chi connectivity index (χ0v) is 12.7. The van der Waals surface area contributed by atoms with Gasteiger partial charge in [0.05, 0.1) is 11.6 Å². The van der Waals surface area contributed by atoms with Crippen LogP contribution in [-0.4, -0.2) is 25.7 Å². The largest absolute Gasteiger partial charge is 0.374 e. The fourth-order valence-electron chi connectivity index (χ4n) is 1.91. The lowest BCUT2D eigenvalue weighted by molar-refractivity contribution is 0.384. The van der Waals surface area contributed by atoms with E-state index >= 15 is 0 Å². The van der Waals surface area contributed by atoms with Crippen LogP contribution in [0, 0.1) is 17.2 Å². The lowest BCUT2D eigenvalue weighted by atomic mass is 10.1. The molecule has 0 amide bonds. The Hall–Kier alpha value is -1.53. The quantitative estimate of drug-likeness (QED) is 0.883. The van der Waals surface area contributed by atoms with Gasteiger partial charge in [-0.2, -0.15) is 5.26 Å². The van der Waals surface area contributed by atoms with Gasteiger partial charge in [0.2, 0.25) is 0 Å². The third kappa shape index (κ3) is 5.76. The van der Waals surface area contributed by atoms with E-state index in [9.17, 15) is 0 Å². The maximum atomic E-state index is 8.79. The van der Waals surface area contributed by atoms with Crippen LogP contribution in [-0.2, 0) is 0 Å². The first-order valence-corrected chi connectivity index (χ1v) is 6.78. The molecule has 0 radical (unpaired) electrons. The highest BCUT2D eigenvalue weighted by Crippen LogP contribution is 2.15. The molecule has 1 unspecified atom stereocenters. The molecule has 1 atom stereocenters. The number of nitrogens with one attached hydrogen (secondary N) is 1. The molecule has 0 heterocycles. The number of benzene rings is 1. The van der Waals surface area contributed by atoms with E-state index in [1.54, 1.807) is 0 Å². The molecule has 0 aliphatic carbocycles. The summed E-state index contributed by atoms with van der Waals surface area (Å²) in [5.74, 6) is 0.569. The van der Waals surface area contributed by atoms with Gasteiger partial charge >= 0.3 is 0 Å². The van der Waals surface area contributed by atoms with E-state index in [0.29, 0.717) is 11.5 Å². The predicted octanol–water partition coefficient (Wildman–Crippen LogP) is 3.02. The third-order valence-corrected chi connectivity index (χ3v) is 3.00. The van der Waals surface area contributed by atoms with Crippen molar-refractivity contribution in [2.75, 3.05) is 25.0 Å². The minimum Gasteiger partial charge on any atom is -0.374 e. The van der Waals surface area contributed by atoms with Crippen molar-refractivity contribution in [3.63, 3.8) is 0 Å². The molecule has 19 heavy (non-hydrogen) atoms. The van der Waals surface area contributed by atoms with Gasteiger partial charge in [0.1, 0.15) is 0 Å². The topological polar surface area (TPSA) is 39.1 Å². The van der Waals surface area contributed by atoms with E-state index in [1.165, 1.54) is 0 Å². The van der Waals surface area contributed by atoms with Crippen LogP contribution in [0.15, 0.2) is 24.3 Å². The van der Waals surface area contributed by atoms with Gasteiger partial charge < -0.3 is 10.2 Å². The predicted molar refractivity (Wildman–Crippen MR) is 81.3 cm³/mol. The first kappa shape index (κ1) is 15.5. The first-order chi connectivity index (χ1) is 8.81. The van der Waals surface area contributed by atoms with E-state index in [2.05, 4.69) is 51.0 Å². The van der Waals surface area contributed by atoms with Crippen molar-refractivity contribution >= 4 is 5.69 Å². The molecule has 3 nitrogen and oxygen atoms in total. The maximum absolute atomic E-state index is 8.79. The summed E-state index contributed by atoms with van der Waals surface area (Å²) in [6, 6.07) is 9.88. The smallest absolute Gasteiger partial charge is 0.0991 e. The molecule has 0 saturated heterocycles. The maximum Gasteiger partial charge on any atom is 0.0991 e. The molecule has 1 N–H and O–H groups in total. The molecule has 1 aromatic rings. The fraction of sp³-hybridized carbons (Fsp3) is 0.562. The second kappa shape index (κ2) is 6.58. The average molecular weight is 259 g/mol. The van der Waals surface area contributed by atoms with Crippen molar-refractivity contribution in [1.82, 2.24) is 5.32 Å². The molecule has 0 aliphatic heterocycles. The van der Waals surface area contributed by atoms with Crippen LogP contribution in [0.3, 0.4) is 0 Å². The Kier molecular flexibility index (Phi) is 5.38. The monoisotopic (exact) mass is 259 g/mol. The minimum absolute atomic E-state index is 0.168. The summed E-state index contributed by atoms with van der Waals surface area (Å²) in [6.07, 6.45) is 0. The lowest BCUT2D eigenvalue weighted by Crippen LogP contribution is -2.41. The number of hydrogen-bond donors (Lipinski definition) is 1. The number of nitrogens with zero attached hydrogens (tertiary/aromatic N) is 2. The normalized spacial score (nSPS) is 12.8. The Morgan fingerprint density at radius 1 is 1.26 bits per heavy atom. The summed E-state index contributed by atoms with van der Waals surface area (Å²) in [5, 5.41) is 12.3. The highest BCUT2D eigenvalue weighted by Gasteiger charge is 2.12. The molecule has 0 aromatic heterocycles. The Morgan fingerprint density at radius 2 is 1.84 bits per heavy atom. The fourth-order valence-corrected chi connectivity index (χ4v) is 1.91. The second-order valence-corrected chi connectivity index (χ2v) is 6.28. The number of anilines is 1. The number of nitriles is 1. The van der Waals surface area contributed by atoms with Crippen LogP contribution in [0.25, 0.3) is 0 Å². The second-order valence-electron chi connectivity index (χ2n) is 6.28. The summed E-state index contributed by atoms with van der Waals surface area (Å²) < 4.78 is 0. The third-order valence-electron chi connectivity index (χ3n) is 3.00. The van der Waals surface area contributed by atoms with Crippen LogP contribution in [0.5, 0.6) is 0 Å². The highest BCUT2D eigenvalue weighted by molar-refractivity contribution is 5.49. The molecule has 1 aromatic carbocycles. The molecule has 3 heteroatoms. The number of hydrogen-bond acceptors (Lipinski definition) is 3. The summed E-state index contributed by atoms with van der Waals surface area (Å²) in [4.78, 5) is 2.23. The van der Waals surface area contributed by atoms with Crippen molar-refractivity contribution in [3.8, 4) is 6.07 Å². The van der Waals surface area contributed by atoms with Crippen molar-refractivity contribution in [2.45, 2.75) is 33.2 Å². The van der Waals surface area contributed by atoms with Gasteiger partial charge in [0.25, 0.3) is 0 Å². The van der Waals surface area contributed by atoms with Crippen LogP contribution in [0.2, 0.25) is 0 Å². The molecular weight excluding hydrogens is 234 g/mol. The summed E-state index contributed by atoms with van der Waals surface area (Å²) in [6.45, 7) is 10.8. The zero-order valence-electron chi connectivity index (χ0n) is 12.7. The van der Waals surface area contributed by atoms with Crippen LogP contribution in [0.1, 0.15) is 33.3 Å². The van der Waals surface area contributed by atoms with Gasteiger partial charge in [0, 0.05) is 24.8 Å². The van der Waals surface area contributed by atoms with Crippen LogP contribution >= 0.6 is 0 Å². The summed E-state index contributed by atoms with van der Waals surface area (Å²) in [7, 11) is 2.09. The standard InChI is InChI=1S/C16H25N3/c1-13(11-18-16(2,3)4)12-19(5)15-8-6-14(10-17)7-9-15/h6-9,13,18H,11-12H2,1-5H3. The van der Waals surface area contributed by atoms with E-state index in [-0.39, 0.29) is 5.54 Å². The van der Waals surface area contributed by atoms with Crippen LogP contribution < -0.4 is 10.2 Å². The first-order valence-electron chi connectivity index (χ1n) is 6.78. The van der Waals surface area contributed by atoms with Gasteiger partial charge in [-0.3, -0.25) is 0 Å². The van der Waals surface area contributed by atoms with E-state index in [1.807, 2.05) is 24.3 Å². The van der Waals surface area contributed by atoms with Crippen molar-refractivity contribution in [2.24, 2.45) is 5.92 Å². The molecule has 0 bridgehead atoms. The van der Waals surface area contributed by atoms with Gasteiger partial charge in [-0.05, 0) is 57.5 Å². The summed E-state index contributed by atoms with van der Waals surface area (Å²) in [5.41, 5.74) is 2.03. The van der Waals surface area contributed by atoms with Crippen LogP contribution in [0.4, 0.5) is 5.69 Å². The van der Waals surface area contributed by atoms with E-state index < -0.39 is 0 Å². The van der Waals surface area contributed by atoms with E-state index in [4.69, 9.17) is 5.26 Å². The minimum atomic E-state index is 0.168. The molecule has 0 aliphatic rings. The molecule has 0 saturated carbocycles. The summed E-state index contributed by atoms with van der Waals surface area (Å²) >= 11 is 0. The Balaban J connectivity index is 2.49. The van der Waals surface area contributed by atoms with E-state index in [0.717, 1.165) is 18.8 Å². The van der Waals surface area contributed by atoms with Crippen molar-refractivity contribution in [1.29, 1.82) is 5.26 Å². The average Bonchev–Trinajstić information content (AvgIpc) is 2.35. The highest BCUT2D eigenvalue weighted by atomic mass is 15.1. The molecule has 1 rings (SSSR count). The molecular formula is C16H25N3. The van der Waals surface area contributed by atoms with Gasteiger partial charge in [0.15, 0.2) is 0 Å². The van der Waals surface area contributed by atoms with Crippen molar-refractivity contribution < 1.29 is 0 Å². The number of rotatable bonds is 5. The molecule has 104 valence electrons. The molecule has 0 spiro atoms. The SMILES string of the molecule is CC(CNC(C)(C)C)CN(C)c1ccc(C#N)cc1. The Morgan fingerprint density at radius 3 is 2.32 bits per heavy atom. The van der Waals surface area contributed by atoms with Crippen molar-refractivity contribution in [3.05, 3.63) is 29.8 Å². The Labute approximate surface area is 117 Å². The zero-order chi connectivity index (χ0) is 14.5. The molecule has 0 fully saturated rings. The van der Waals surface area contributed by atoms with Gasteiger partial charge in [-0.25, -0.2) is 0 Å². The van der Waals surface area contributed by atoms with Gasteiger partial charge in [-0.15, -0.1) is 0 Å². The van der Waals surface area contributed by atoms with Gasteiger partial charge in [-0.1, -0.05) is 6.92 Å². The lowest BCUT2D eigenvalue weighted by Gasteiger charge is -2.27.